The van der Waals surface area contributed by atoms with Crippen molar-refractivity contribution in [2.75, 3.05) is 12.4 Å². The molecular weight excluding hydrogens is 627 g/mol. The topological polar surface area (TPSA) is 93.7 Å². The summed E-state index contributed by atoms with van der Waals surface area (Å²) in [6.07, 6.45) is -0.0462. The number of anilines is 1. The summed E-state index contributed by atoms with van der Waals surface area (Å²) < 4.78 is 26.3. The van der Waals surface area contributed by atoms with E-state index in [1.807, 2.05) is 6.07 Å². The lowest BCUT2D eigenvalue weighted by molar-refractivity contribution is -0.131. The summed E-state index contributed by atoms with van der Waals surface area (Å²) in [4.78, 5) is 39.5. The third kappa shape index (κ3) is 4.72. The Kier molecular flexibility index (Phi) is 7.24. The number of amides is 2. The van der Waals surface area contributed by atoms with Crippen LogP contribution in [-0.4, -0.2) is 24.9 Å². The molecule has 42 heavy (non-hydrogen) atoms. The third-order valence-electron chi connectivity index (χ3n) is 7.78. The van der Waals surface area contributed by atoms with Crippen molar-refractivity contribution in [3.8, 4) is 11.5 Å². The fraction of sp³-hybridized carbons (Fsp3) is 0.156. The van der Waals surface area contributed by atoms with Gasteiger partial charge in [0.1, 0.15) is 22.7 Å². The lowest BCUT2D eigenvalue weighted by Crippen LogP contribution is -2.56. The number of esters is 1. The summed E-state index contributed by atoms with van der Waals surface area (Å²) >= 11 is 9.84. The number of methoxy groups -OCH3 is 1. The second kappa shape index (κ2) is 10.9. The van der Waals surface area contributed by atoms with E-state index in [1.165, 1.54) is 19.2 Å². The van der Waals surface area contributed by atoms with Crippen molar-refractivity contribution in [2.45, 2.75) is 23.8 Å². The van der Waals surface area contributed by atoms with Gasteiger partial charge in [0.2, 0.25) is 11.8 Å². The van der Waals surface area contributed by atoms with Crippen molar-refractivity contribution >= 4 is 51.0 Å². The molecule has 0 radical (unpaired) electrons. The summed E-state index contributed by atoms with van der Waals surface area (Å²) in [7, 11) is 1.30. The number of halogens is 3. The number of carbonyl (C=O) groups excluding carboxylic acids is 3. The molecule has 7 nitrogen and oxygen atoms in total. The predicted molar refractivity (Wildman–Crippen MR) is 158 cm³/mol. The number of carbonyl (C=O) groups is 3. The van der Waals surface area contributed by atoms with Crippen LogP contribution in [0.1, 0.15) is 45.4 Å². The molecule has 3 atom stereocenters. The van der Waals surface area contributed by atoms with Crippen LogP contribution in [0.25, 0.3) is 0 Å². The van der Waals surface area contributed by atoms with Gasteiger partial charge in [-0.15, -0.1) is 0 Å². The quantitative estimate of drug-likeness (QED) is 0.226. The van der Waals surface area contributed by atoms with Crippen molar-refractivity contribution in [3.05, 3.63) is 122 Å². The van der Waals surface area contributed by atoms with Gasteiger partial charge in [-0.05, 0) is 77.9 Å². The van der Waals surface area contributed by atoms with Gasteiger partial charge in [-0.3, -0.25) is 9.59 Å². The predicted octanol–water partition coefficient (Wildman–Crippen LogP) is 7.06. The minimum atomic E-state index is -1.38. The Hall–Kier alpha value is -4.21. The van der Waals surface area contributed by atoms with Gasteiger partial charge in [0.25, 0.3) is 0 Å². The maximum atomic E-state index is 14.5. The number of hydrogen-bond donors (Lipinski definition) is 2. The Bertz CT molecular complexity index is 1750. The Morgan fingerprint density at radius 3 is 2.55 bits per heavy atom. The van der Waals surface area contributed by atoms with E-state index in [2.05, 4.69) is 26.6 Å². The highest BCUT2D eigenvalue weighted by Gasteiger charge is 2.61. The van der Waals surface area contributed by atoms with E-state index in [9.17, 15) is 18.8 Å². The van der Waals surface area contributed by atoms with Gasteiger partial charge < -0.3 is 20.1 Å². The smallest absolute Gasteiger partial charge is 0.337 e. The molecule has 1 saturated heterocycles. The van der Waals surface area contributed by atoms with E-state index < -0.39 is 29.2 Å². The normalized spacial score (nSPS) is 21.0. The second-order valence-electron chi connectivity index (χ2n) is 10.1. The molecule has 6 rings (SSSR count). The van der Waals surface area contributed by atoms with E-state index in [0.29, 0.717) is 48.9 Å². The SMILES string of the molecule is COC(=O)c1ccc(Oc2ccc(Br)cc2[C@H]2CC(=O)N[C@@H](c3cccc(F)c3)C23C(=O)Nc2cc(Cl)ccc23)cc1. The fourth-order valence-corrected chi connectivity index (χ4v) is 6.57. The summed E-state index contributed by atoms with van der Waals surface area (Å²) in [5, 5.41) is 6.39. The highest BCUT2D eigenvalue weighted by Crippen LogP contribution is 2.59. The standard InChI is InChI=1S/C32H23BrClFN2O5/c1-41-30(39)17-5-9-22(10-6-17)42-27-12-7-19(33)14-23(27)25-16-28(38)37-29(18-3-2-4-21(35)13-18)32(25)24-11-8-20(34)15-26(24)36-31(32)40/h2-15,25,29H,16H2,1H3,(H,36,40)(H,37,38)/t25-,29+,32?/m1/s1. The number of fused-ring (bicyclic) bond motifs is 2. The lowest BCUT2D eigenvalue weighted by atomic mass is 9.59. The highest BCUT2D eigenvalue weighted by atomic mass is 79.9. The van der Waals surface area contributed by atoms with Crippen molar-refractivity contribution in [1.82, 2.24) is 5.32 Å². The first-order chi connectivity index (χ1) is 20.2. The molecule has 0 saturated carbocycles. The van der Waals surface area contributed by atoms with Crippen LogP contribution in [0.3, 0.4) is 0 Å². The summed E-state index contributed by atoms with van der Waals surface area (Å²) in [6, 6.07) is 21.9. The zero-order valence-electron chi connectivity index (χ0n) is 22.1. The average molecular weight is 650 g/mol. The number of ether oxygens (including phenoxy) is 2. The fourth-order valence-electron chi connectivity index (χ4n) is 6.02. The van der Waals surface area contributed by atoms with E-state index in [-0.39, 0.29) is 18.2 Å². The van der Waals surface area contributed by atoms with Crippen LogP contribution in [0.5, 0.6) is 11.5 Å². The first kappa shape index (κ1) is 27.9. The first-order valence-corrected chi connectivity index (χ1v) is 14.2. The van der Waals surface area contributed by atoms with Gasteiger partial charge in [-0.25, -0.2) is 9.18 Å². The van der Waals surface area contributed by atoms with Gasteiger partial charge in [0, 0.05) is 33.1 Å². The number of rotatable bonds is 5. The molecule has 212 valence electrons. The van der Waals surface area contributed by atoms with Gasteiger partial charge in [-0.1, -0.05) is 45.7 Å². The second-order valence-corrected chi connectivity index (χ2v) is 11.5. The van der Waals surface area contributed by atoms with Crippen molar-refractivity contribution in [2.24, 2.45) is 0 Å². The maximum absolute atomic E-state index is 14.5. The largest absolute Gasteiger partial charge is 0.465 e. The van der Waals surface area contributed by atoms with Gasteiger partial charge in [0.05, 0.1) is 18.7 Å². The molecule has 10 heteroatoms. The number of hydrogen-bond acceptors (Lipinski definition) is 5. The van der Waals surface area contributed by atoms with Crippen LogP contribution in [0.15, 0.2) is 89.4 Å². The summed E-state index contributed by atoms with van der Waals surface area (Å²) in [5.41, 5.74) is 1.17. The monoisotopic (exact) mass is 648 g/mol. The molecule has 2 amide bonds. The lowest BCUT2D eigenvalue weighted by Gasteiger charge is -2.46. The van der Waals surface area contributed by atoms with Gasteiger partial charge in [0.15, 0.2) is 0 Å². The van der Waals surface area contributed by atoms with E-state index in [0.717, 1.165) is 0 Å². The molecule has 2 heterocycles. The van der Waals surface area contributed by atoms with Crippen LogP contribution in [0, 0.1) is 5.82 Å². The van der Waals surface area contributed by atoms with Crippen molar-refractivity contribution in [3.63, 3.8) is 0 Å². The molecule has 4 aromatic rings. The molecule has 1 fully saturated rings. The Balaban J connectivity index is 1.54. The maximum Gasteiger partial charge on any atom is 0.337 e. The Labute approximate surface area is 254 Å². The minimum absolute atomic E-state index is 0.0462. The molecule has 2 N–H and O–H groups in total. The molecule has 2 aliphatic heterocycles. The summed E-state index contributed by atoms with van der Waals surface area (Å²) in [6.45, 7) is 0. The molecule has 0 aromatic heterocycles. The van der Waals surface area contributed by atoms with Gasteiger partial charge >= 0.3 is 5.97 Å². The van der Waals surface area contributed by atoms with Crippen LogP contribution in [-0.2, 0) is 19.7 Å². The average Bonchev–Trinajstić information content (AvgIpc) is 3.25. The molecule has 4 aromatic carbocycles. The third-order valence-corrected chi connectivity index (χ3v) is 8.51. The minimum Gasteiger partial charge on any atom is -0.465 e. The Morgan fingerprint density at radius 2 is 1.81 bits per heavy atom. The molecule has 0 aliphatic carbocycles. The first-order valence-electron chi connectivity index (χ1n) is 13.0. The van der Waals surface area contributed by atoms with E-state index in [1.54, 1.807) is 66.7 Å². The van der Waals surface area contributed by atoms with Crippen LogP contribution < -0.4 is 15.4 Å². The number of piperidine rings is 1. The molecule has 2 aliphatic rings. The Morgan fingerprint density at radius 1 is 1.02 bits per heavy atom. The molecule has 0 bridgehead atoms. The molecule has 1 spiro atoms. The number of nitrogens with one attached hydrogen (secondary N) is 2. The van der Waals surface area contributed by atoms with Crippen LogP contribution in [0.4, 0.5) is 10.1 Å². The molecular formula is C32H23BrClFN2O5. The van der Waals surface area contributed by atoms with Gasteiger partial charge in [-0.2, -0.15) is 0 Å². The van der Waals surface area contributed by atoms with E-state index in [4.69, 9.17) is 21.1 Å². The summed E-state index contributed by atoms with van der Waals surface area (Å²) in [5.74, 6) is -1.51. The zero-order chi connectivity index (χ0) is 29.6. The molecule has 1 unspecified atom stereocenters. The van der Waals surface area contributed by atoms with E-state index >= 15 is 0 Å². The van der Waals surface area contributed by atoms with Crippen LogP contribution >= 0.6 is 27.5 Å². The van der Waals surface area contributed by atoms with Crippen molar-refractivity contribution < 1.29 is 28.2 Å². The highest BCUT2D eigenvalue weighted by molar-refractivity contribution is 9.10. The van der Waals surface area contributed by atoms with Crippen LogP contribution in [0.2, 0.25) is 5.02 Å². The zero-order valence-corrected chi connectivity index (χ0v) is 24.5. The number of benzene rings is 4. The van der Waals surface area contributed by atoms with Crippen molar-refractivity contribution in [1.29, 1.82) is 0 Å².